The molecule has 0 saturated carbocycles. The van der Waals surface area contributed by atoms with Crippen molar-refractivity contribution in [1.82, 2.24) is 9.88 Å². The minimum atomic E-state index is -0.502. The van der Waals surface area contributed by atoms with E-state index in [0.29, 0.717) is 23.7 Å². The molecule has 0 bridgehead atoms. The topological polar surface area (TPSA) is 76.3 Å². The number of carbonyl (C=O) groups is 2. The number of pyridine rings is 1. The molecule has 1 aliphatic heterocycles. The van der Waals surface area contributed by atoms with Crippen molar-refractivity contribution < 1.29 is 9.59 Å². The second-order valence-corrected chi connectivity index (χ2v) is 4.32. The van der Waals surface area contributed by atoms with Gasteiger partial charge in [0.15, 0.2) is 0 Å². The number of nitrogens with zero attached hydrogens (tertiary/aromatic N) is 2. The van der Waals surface area contributed by atoms with Crippen molar-refractivity contribution in [2.45, 2.75) is 18.9 Å². The van der Waals surface area contributed by atoms with Crippen molar-refractivity contribution in [3.05, 3.63) is 29.0 Å². The van der Waals surface area contributed by atoms with E-state index in [-0.39, 0.29) is 5.91 Å². The highest BCUT2D eigenvalue weighted by molar-refractivity contribution is 6.29. The Morgan fingerprint density at radius 1 is 1.47 bits per heavy atom. The van der Waals surface area contributed by atoms with E-state index in [1.165, 1.54) is 11.1 Å². The number of amides is 2. The summed E-state index contributed by atoms with van der Waals surface area (Å²) in [5.74, 6) is -0.687. The SMILES string of the molecule is NC(=O)C1CCCN1C(=O)c1ccc(Cl)nc1. The van der Waals surface area contributed by atoms with E-state index in [1.54, 1.807) is 12.1 Å². The van der Waals surface area contributed by atoms with Gasteiger partial charge in [-0.3, -0.25) is 9.59 Å². The van der Waals surface area contributed by atoms with Gasteiger partial charge in [0.1, 0.15) is 11.2 Å². The molecule has 1 fully saturated rings. The number of hydrogen-bond acceptors (Lipinski definition) is 3. The van der Waals surface area contributed by atoms with Crippen LogP contribution in [0.15, 0.2) is 18.3 Å². The molecular formula is C11H12ClN3O2. The molecule has 0 aromatic carbocycles. The van der Waals surface area contributed by atoms with Gasteiger partial charge in [0.25, 0.3) is 5.91 Å². The van der Waals surface area contributed by atoms with Crippen LogP contribution in [0.4, 0.5) is 0 Å². The molecule has 1 aromatic heterocycles. The number of nitrogens with two attached hydrogens (primary N) is 1. The quantitative estimate of drug-likeness (QED) is 0.793. The zero-order valence-corrected chi connectivity index (χ0v) is 9.85. The molecule has 1 atom stereocenters. The third-order valence-corrected chi connectivity index (χ3v) is 3.04. The fraction of sp³-hybridized carbons (Fsp3) is 0.364. The van der Waals surface area contributed by atoms with E-state index in [1.807, 2.05) is 0 Å². The van der Waals surface area contributed by atoms with Crippen LogP contribution in [-0.4, -0.2) is 34.3 Å². The van der Waals surface area contributed by atoms with Crippen LogP contribution in [0, 0.1) is 0 Å². The lowest BCUT2D eigenvalue weighted by molar-refractivity contribution is -0.121. The van der Waals surface area contributed by atoms with E-state index in [0.717, 1.165) is 6.42 Å². The number of carbonyl (C=O) groups excluding carboxylic acids is 2. The van der Waals surface area contributed by atoms with Crippen molar-refractivity contribution in [2.75, 3.05) is 6.54 Å². The Hall–Kier alpha value is -1.62. The summed E-state index contributed by atoms with van der Waals surface area (Å²) in [6.45, 7) is 0.551. The number of aromatic nitrogens is 1. The van der Waals surface area contributed by atoms with Gasteiger partial charge in [-0.2, -0.15) is 0 Å². The van der Waals surface area contributed by atoms with Gasteiger partial charge in [0, 0.05) is 12.7 Å². The molecule has 0 aliphatic carbocycles. The Bertz CT molecular complexity index is 447. The molecule has 1 aromatic rings. The van der Waals surface area contributed by atoms with Crippen LogP contribution in [0.5, 0.6) is 0 Å². The predicted molar refractivity (Wildman–Crippen MR) is 62.5 cm³/mol. The van der Waals surface area contributed by atoms with Crippen molar-refractivity contribution in [3.63, 3.8) is 0 Å². The van der Waals surface area contributed by atoms with Gasteiger partial charge >= 0.3 is 0 Å². The average molecular weight is 254 g/mol. The summed E-state index contributed by atoms with van der Waals surface area (Å²) in [6.07, 6.45) is 2.82. The molecule has 2 amide bonds. The summed E-state index contributed by atoms with van der Waals surface area (Å²) in [5, 5.41) is 0.328. The van der Waals surface area contributed by atoms with Gasteiger partial charge in [0.05, 0.1) is 5.56 Å². The number of rotatable bonds is 2. The highest BCUT2D eigenvalue weighted by Crippen LogP contribution is 2.20. The number of likely N-dealkylation sites (tertiary alicyclic amines) is 1. The van der Waals surface area contributed by atoms with Crippen LogP contribution >= 0.6 is 11.6 Å². The number of primary amides is 1. The Balaban J connectivity index is 2.19. The normalized spacial score (nSPS) is 19.4. The lowest BCUT2D eigenvalue weighted by Crippen LogP contribution is -2.43. The van der Waals surface area contributed by atoms with Crippen LogP contribution in [0.1, 0.15) is 23.2 Å². The van der Waals surface area contributed by atoms with Gasteiger partial charge in [-0.25, -0.2) is 4.98 Å². The molecule has 2 rings (SSSR count). The Morgan fingerprint density at radius 3 is 2.82 bits per heavy atom. The zero-order valence-electron chi connectivity index (χ0n) is 9.10. The average Bonchev–Trinajstić information content (AvgIpc) is 2.78. The first-order chi connectivity index (χ1) is 8.09. The zero-order chi connectivity index (χ0) is 12.4. The summed E-state index contributed by atoms with van der Waals surface area (Å²) in [4.78, 5) is 28.6. The van der Waals surface area contributed by atoms with Gasteiger partial charge in [0.2, 0.25) is 5.91 Å². The van der Waals surface area contributed by atoms with E-state index in [9.17, 15) is 9.59 Å². The fourth-order valence-corrected chi connectivity index (χ4v) is 2.09. The molecule has 1 aliphatic rings. The highest BCUT2D eigenvalue weighted by atomic mass is 35.5. The highest BCUT2D eigenvalue weighted by Gasteiger charge is 2.33. The minimum absolute atomic E-state index is 0.226. The summed E-state index contributed by atoms with van der Waals surface area (Å²) in [5.41, 5.74) is 5.68. The minimum Gasteiger partial charge on any atom is -0.368 e. The Labute approximate surface area is 104 Å². The summed E-state index contributed by atoms with van der Waals surface area (Å²) >= 11 is 5.65. The van der Waals surface area contributed by atoms with E-state index in [4.69, 9.17) is 17.3 Å². The van der Waals surface area contributed by atoms with Crippen LogP contribution in [0.25, 0.3) is 0 Å². The smallest absolute Gasteiger partial charge is 0.256 e. The third kappa shape index (κ3) is 2.39. The fourth-order valence-electron chi connectivity index (χ4n) is 1.97. The monoisotopic (exact) mass is 253 g/mol. The molecular weight excluding hydrogens is 242 g/mol. The molecule has 2 N–H and O–H groups in total. The van der Waals surface area contributed by atoms with Gasteiger partial charge in [-0.05, 0) is 25.0 Å². The van der Waals surface area contributed by atoms with Gasteiger partial charge in [-0.15, -0.1) is 0 Å². The molecule has 6 heteroatoms. The predicted octanol–water partition coefficient (Wildman–Crippen LogP) is 0.825. The maximum atomic E-state index is 12.1. The lowest BCUT2D eigenvalue weighted by atomic mass is 10.2. The standard InChI is InChI=1S/C11H12ClN3O2/c12-9-4-3-7(6-14-9)11(17)15-5-1-2-8(15)10(13)16/h3-4,6,8H,1-2,5H2,(H2,13,16). The second kappa shape index (κ2) is 4.71. The number of hydrogen-bond donors (Lipinski definition) is 1. The van der Waals surface area contributed by atoms with E-state index >= 15 is 0 Å². The molecule has 17 heavy (non-hydrogen) atoms. The van der Waals surface area contributed by atoms with Gasteiger partial charge in [-0.1, -0.05) is 11.6 Å². The molecule has 1 saturated heterocycles. The largest absolute Gasteiger partial charge is 0.368 e. The molecule has 0 spiro atoms. The summed E-state index contributed by atoms with van der Waals surface area (Å²) < 4.78 is 0. The van der Waals surface area contributed by atoms with Crippen LogP contribution in [0.3, 0.4) is 0 Å². The maximum Gasteiger partial charge on any atom is 0.256 e. The van der Waals surface area contributed by atoms with Crippen LogP contribution in [-0.2, 0) is 4.79 Å². The van der Waals surface area contributed by atoms with Crippen molar-refractivity contribution in [3.8, 4) is 0 Å². The summed E-state index contributed by atoms with van der Waals surface area (Å²) in [7, 11) is 0. The van der Waals surface area contributed by atoms with Crippen molar-refractivity contribution in [2.24, 2.45) is 5.73 Å². The first-order valence-corrected chi connectivity index (χ1v) is 5.69. The van der Waals surface area contributed by atoms with Crippen molar-refractivity contribution in [1.29, 1.82) is 0 Å². The summed E-state index contributed by atoms with van der Waals surface area (Å²) in [6, 6.07) is 2.64. The molecule has 90 valence electrons. The maximum absolute atomic E-state index is 12.1. The Morgan fingerprint density at radius 2 is 2.24 bits per heavy atom. The Kier molecular flexibility index (Phi) is 3.28. The lowest BCUT2D eigenvalue weighted by Gasteiger charge is -2.21. The second-order valence-electron chi connectivity index (χ2n) is 3.93. The van der Waals surface area contributed by atoms with Crippen molar-refractivity contribution >= 4 is 23.4 Å². The molecule has 1 unspecified atom stereocenters. The molecule has 2 heterocycles. The van der Waals surface area contributed by atoms with Gasteiger partial charge < -0.3 is 10.6 Å². The first kappa shape index (κ1) is 11.9. The first-order valence-electron chi connectivity index (χ1n) is 5.31. The number of halogens is 1. The molecule has 5 nitrogen and oxygen atoms in total. The molecule has 0 radical (unpaired) electrons. The van der Waals surface area contributed by atoms with E-state index in [2.05, 4.69) is 4.98 Å². The van der Waals surface area contributed by atoms with Crippen LogP contribution < -0.4 is 5.73 Å². The van der Waals surface area contributed by atoms with E-state index < -0.39 is 11.9 Å². The third-order valence-electron chi connectivity index (χ3n) is 2.82. The van der Waals surface area contributed by atoms with Crippen LogP contribution in [0.2, 0.25) is 5.15 Å².